The summed E-state index contributed by atoms with van der Waals surface area (Å²) in [5.41, 5.74) is 6.59. The minimum atomic E-state index is 0.576. The molecule has 4 heteroatoms. The summed E-state index contributed by atoms with van der Waals surface area (Å²) in [4.78, 5) is 4.05. The number of nitrogens with zero attached hydrogens (tertiary/aromatic N) is 1. The van der Waals surface area contributed by atoms with Gasteiger partial charge in [-0.25, -0.2) is 4.98 Å². The predicted molar refractivity (Wildman–Crippen MR) is 67.2 cm³/mol. The molecule has 0 radical (unpaired) electrons. The van der Waals surface area contributed by atoms with E-state index in [1.807, 2.05) is 12.1 Å². The average molecular weight is 223 g/mol. The normalized spacial score (nSPS) is 21.2. The number of aromatic nitrogens is 1. The molecule has 1 aliphatic heterocycles. The smallest absolute Gasteiger partial charge is 0.123 e. The second-order valence-electron chi connectivity index (χ2n) is 3.84. The van der Waals surface area contributed by atoms with Crippen molar-refractivity contribution in [1.82, 2.24) is 4.98 Å². The molecule has 0 spiro atoms. The topological polar surface area (TPSA) is 50.9 Å². The fourth-order valence-electron chi connectivity index (χ4n) is 1.71. The van der Waals surface area contributed by atoms with Crippen LogP contribution in [0.25, 0.3) is 0 Å². The molecule has 0 aromatic carbocycles. The maximum Gasteiger partial charge on any atom is 0.123 e. The fraction of sp³-hybridized carbons (Fsp3) is 0.545. The summed E-state index contributed by atoms with van der Waals surface area (Å²) in [5.74, 6) is 1.89. The molecule has 1 fully saturated rings. The van der Waals surface area contributed by atoms with Crippen LogP contribution in [0.15, 0.2) is 18.3 Å². The number of pyridine rings is 1. The highest BCUT2D eigenvalue weighted by molar-refractivity contribution is 7.99. The molecule has 0 aliphatic carbocycles. The molecular formula is C11H17N3S. The molecule has 1 unspecified atom stereocenters. The van der Waals surface area contributed by atoms with Gasteiger partial charge in [0.05, 0.1) is 11.9 Å². The number of nitrogen functional groups attached to an aromatic ring is 1. The molecule has 0 bridgehead atoms. The number of nitrogens with two attached hydrogens (primary N) is 1. The van der Waals surface area contributed by atoms with E-state index in [0.717, 1.165) is 17.5 Å². The van der Waals surface area contributed by atoms with E-state index in [1.165, 1.54) is 25.0 Å². The quantitative estimate of drug-likeness (QED) is 0.826. The maximum absolute atomic E-state index is 5.52. The van der Waals surface area contributed by atoms with Crippen molar-refractivity contribution in [3.05, 3.63) is 18.3 Å². The van der Waals surface area contributed by atoms with Gasteiger partial charge in [0.2, 0.25) is 0 Å². The first-order valence-corrected chi connectivity index (χ1v) is 6.46. The summed E-state index contributed by atoms with van der Waals surface area (Å²) < 4.78 is 0. The Bertz CT molecular complexity index is 293. The van der Waals surface area contributed by atoms with Crippen LogP contribution in [0.1, 0.15) is 19.3 Å². The second kappa shape index (κ2) is 5.26. The van der Waals surface area contributed by atoms with Gasteiger partial charge in [-0.1, -0.05) is 6.42 Å². The van der Waals surface area contributed by atoms with Gasteiger partial charge in [-0.2, -0.15) is 11.8 Å². The van der Waals surface area contributed by atoms with Crippen molar-refractivity contribution in [2.24, 2.45) is 0 Å². The molecule has 3 nitrogen and oxygen atoms in total. The van der Waals surface area contributed by atoms with E-state index in [-0.39, 0.29) is 0 Å². The van der Waals surface area contributed by atoms with Gasteiger partial charge < -0.3 is 11.1 Å². The Balaban J connectivity index is 1.79. The lowest BCUT2D eigenvalue weighted by Crippen LogP contribution is -2.20. The van der Waals surface area contributed by atoms with Crippen molar-refractivity contribution < 1.29 is 0 Å². The van der Waals surface area contributed by atoms with Crippen LogP contribution in [-0.4, -0.2) is 22.5 Å². The van der Waals surface area contributed by atoms with Crippen LogP contribution in [0.5, 0.6) is 0 Å². The Labute approximate surface area is 94.8 Å². The van der Waals surface area contributed by atoms with Crippen LogP contribution in [0.2, 0.25) is 0 Å². The lowest BCUT2D eigenvalue weighted by atomic mass is 10.2. The van der Waals surface area contributed by atoms with Crippen molar-refractivity contribution in [3.8, 4) is 0 Å². The Morgan fingerprint density at radius 3 is 3.07 bits per heavy atom. The van der Waals surface area contributed by atoms with Gasteiger partial charge in [-0.3, -0.25) is 0 Å². The molecular weight excluding hydrogens is 206 g/mol. The zero-order chi connectivity index (χ0) is 10.5. The molecule has 2 rings (SSSR count). The van der Waals surface area contributed by atoms with E-state index < -0.39 is 0 Å². The molecule has 15 heavy (non-hydrogen) atoms. The molecule has 2 heterocycles. The van der Waals surface area contributed by atoms with E-state index in [4.69, 9.17) is 5.73 Å². The summed E-state index contributed by atoms with van der Waals surface area (Å²) in [6, 6.07) is 3.81. The van der Waals surface area contributed by atoms with Crippen molar-refractivity contribution in [2.75, 3.05) is 23.3 Å². The average Bonchev–Trinajstić information content (AvgIpc) is 2.30. The molecule has 0 amide bonds. The van der Waals surface area contributed by atoms with Crippen LogP contribution in [-0.2, 0) is 0 Å². The van der Waals surface area contributed by atoms with Gasteiger partial charge in [0.15, 0.2) is 0 Å². The van der Waals surface area contributed by atoms with Crippen LogP contribution in [0.3, 0.4) is 0 Å². The van der Waals surface area contributed by atoms with Crippen LogP contribution in [0, 0.1) is 0 Å². The number of rotatable bonds is 3. The fourth-order valence-corrected chi connectivity index (χ4v) is 2.95. The first-order chi connectivity index (χ1) is 7.34. The standard InChI is InChI=1S/C11H17N3S/c12-11-5-4-9(7-14-11)13-8-10-3-1-2-6-15-10/h4-5,7,10,13H,1-3,6,8H2,(H2,12,14). The maximum atomic E-state index is 5.52. The Morgan fingerprint density at radius 1 is 1.47 bits per heavy atom. The van der Waals surface area contributed by atoms with Gasteiger partial charge in [0, 0.05) is 11.8 Å². The molecule has 0 saturated carbocycles. The number of thioether (sulfide) groups is 1. The summed E-state index contributed by atoms with van der Waals surface area (Å²) in [7, 11) is 0. The highest BCUT2D eigenvalue weighted by atomic mass is 32.2. The first kappa shape index (κ1) is 10.6. The van der Waals surface area contributed by atoms with Gasteiger partial charge in [-0.15, -0.1) is 0 Å². The molecule has 1 aromatic heterocycles. The van der Waals surface area contributed by atoms with Crippen LogP contribution >= 0.6 is 11.8 Å². The van der Waals surface area contributed by atoms with Gasteiger partial charge >= 0.3 is 0 Å². The number of nitrogens with one attached hydrogen (secondary N) is 1. The second-order valence-corrected chi connectivity index (χ2v) is 5.25. The summed E-state index contributed by atoms with van der Waals surface area (Å²) in [6.45, 7) is 1.04. The van der Waals surface area contributed by atoms with Crippen molar-refractivity contribution in [2.45, 2.75) is 24.5 Å². The molecule has 1 aliphatic rings. The summed E-state index contributed by atoms with van der Waals surface area (Å²) in [5, 5.41) is 4.16. The molecule has 1 saturated heterocycles. The number of hydrogen-bond donors (Lipinski definition) is 2. The van der Waals surface area contributed by atoms with Crippen molar-refractivity contribution in [3.63, 3.8) is 0 Å². The predicted octanol–water partition coefficient (Wildman–Crippen LogP) is 2.36. The van der Waals surface area contributed by atoms with Crippen LogP contribution < -0.4 is 11.1 Å². The molecule has 3 N–H and O–H groups in total. The van der Waals surface area contributed by atoms with Crippen molar-refractivity contribution in [1.29, 1.82) is 0 Å². The lowest BCUT2D eigenvalue weighted by molar-refractivity contribution is 0.677. The SMILES string of the molecule is Nc1ccc(NCC2CCCCS2)cn1. The van der Waals surface area contributed by atoms with Crippen molar-refractivity contribution >= 4 is 23.3 Å². The van der Waals surface area contributed by atoms with E-state index in [9.17, 15) is 0 Å². The number of hydrogen-bond acceptors (Lipinski definition) is 4. The zero-order valence-electron chi connectivity index (χ0n) is 8.78. The summed E-state index contributed by atoms with van der Waals surface area (Å²) >= 11 is 2.08. The van der Waals surface area contributed by atoms with Gasteiger partial charge in [-0.05, 0) is 30.7 Å². The highest BCUT2D eigenvalue weighted by Gasteiger charge is 2.13. The Kier molecular flexibility index (Phi) is 3.72. The third-order valence-electron chi connectivity index (χ3n) is 2.59. The largest absolute Gasteiger partial charge is 0.384 e. The van der Waals surface area contributed by atoms with E-state index in [2.05, 4.69) is 22.1 Å². The van der Waals surface area contributed by atoms with E-state index in [0.29, 0.717) is 5.82 Å². The molecule has 1 atom stereocenters. The Hall–Kier alpha value is -0.900. The van der Waals surface area contributed by atoms with Gasteiger partial charge in [0.25, 0.3) is 0 Å². The minimum absolute atomic E-state index is 0.576. The third-order valence-corrected chi connectivity index (χ3v) is 3.99. The minimum Gasteiger partial charge on any atom is -0.384 e. The highest BCUT2D eigenvalue weighted by Crippen LogP contribution is 2.25. The lowest BCUT2D eigenvalue weighted by Gasteiger charge is -2.21. The summed E-state index contributed by atoms with van der Waals surface area (Å²) in [6.07, 6.45) is 5.88. The monoisotopic (exact) mass is 223 g/mol. The first-order valence-electron chi connectivity index (χ1n) is 5.41. The van der Waals surface area contributed by atoms with Gasteiger partial charge in [0.1, 0.15) is 5.82 Å². The Morgan fingerprint density at radius 2 is 2.40 bits per heavy atom. The zero-order valence-corrected chi connectivity index (χ0v) is 9.59. The molecule has 1 aromatic rings. The third kappa shape index (κ3) is 3.30. The van der Waals surface area contributed by atoms with Crippen LogP contribution in [0.4, 0.5) is 11.5 Å². The van der Waals surface area contributed by atoms with E-state index in [1.54, 1.807) is 6.20 Å². The number of anilines is 2. The van der Waals surface area contributed by atoms with E-state index >= 15 is 0 Å². The molecule has 82 valence electrons.